The summed E-state index contributed by atoms with van der Waals surface area (Å²) in [7, 11) is 0. The molecule has 0 aromatic carbocycles. The predicted molar refractivity (Wildman–Crippen MR) is 87.3 cm³/mol. The van der Waals surface area contributed by atoms with Crippen LogP contribution in [0.5, 0.6) is 0 Å². The highest BCUT2D eigenvalue weighted by molar-refractivity contribution is 9.12. The Labute approximate surface area is 131 Å². The Morgan fingerprint density at radius 2 is 2.00 bits per heavy atom. The van der Waals surface area contributed by atoms with E-state index in [0.717, 1.165) is 6.54 Å². The van der Waals surface area contributed by atoms with Crippen molar-refractivity contribution in [1.29, 1.82) is 0 Å². The molecule has 2 rings (SSSR count). The molecule has 1 saturated carbocycles. The van der Waals surface area contributed by atoms with Crippen LogP contribution in [0.1, 0.15) is 57.6 Å². The van der Waals surface area contributed by atoms with E-state index in [9.17, 15) is 0 Å². The largest absolute Gasteiger partial charge is 0.310 e. The number of hydrogen-bond donors (Lipinski definition) is 1. The van der Waals surface area contributed by atoms with Gasteiger partial charge in [0.2, 0.25) is 0 Å². The first-order chi connectivity index (χ1) is 8.63. The van der Waals surface area contributed by atoms with Crippen LogP contribution in [0.2, 0.25) is 0 Å². The van der Waals surface area contributed by atoms with Crippen LogP contribution in [0.4, 0.5) is 0 Å². The zero-order valence-corrected chi connectivity index (χ0v) is 15.1. The van der Waals surface area contributed by atoms with Crippen LogP contribution >= 0.6 is 43.2 Å². The van der Waals surface area contributed by atoms with Gasteiger partial charge in [-0.25, -0.2) is 0 Å². The lowest BCUT2D eigenvalue weighted by Gasteiger charge is -2.37. The molecule has 0 amide bonds. The molecular formula is C14H21Br2NS. The molecule has 4 heteroatoms. The average molecular weight is 395 g/mol. The van der Waals surface area contributed by atoms with Gasteiger partial charge in [0.25, 0.3) is 0 Å². The van der Waals surface area contributed by atoms with Crippen LogP contribution in [-0.2, 0) is 0 Å². The minimum absolute atomic E-state index is 0.457. The number of rotatable bonds is 5. The molecule has 1 atom stereocenters. The molecule has 1 N–H and O–H groups in total. The molecule has 0 bridgehead atoms. The molecule has 1 aliphatic rings. The SMILES string of the molecule is CCNC(c1cc(Br)sc1Br)C1(CC)CCCC1. The first-order valence-electron chi connectivity index (χ1n) is 6.81. The van der Waals surface area contributed by atoms with Gasteiger partial charge in [-0.1, -0.05) is 26.7 Å². The molecule has 1 nitrogen and oxygen atoms in total. The van der Waals surface area contributed by atoms with Crippen molar-refractivity contribution < 1.29 is 0 Å². The van der Waals surface area contributed by atoms with Crippen LogP contribution < -0.4 is 5.32 Å². The van der Waals surface area contributed by atoms with Gasteiger partial charge in [-0.3, -0.25) is 0 Å². The molecule has 102 valence electrons. The van der Waals surface area contributed by atoms with Gasteiger partial charge >= 0.3 is 0 Å². The van der Waals surface area contributed by atoms with Gasteiger partial charge in [0, 0.05) is 6.04 Å². The first kappa shape index (κ1) is 15.0. The highest BCUT2D eigenvalue weighted by atomic mass is 79.9. The van der Waals surface area contributed by atoms with E-state index in [-0.39, 0.29) is 0 Å². The lowest BCUT2D eigenvalue weighted by molar-refractivity contribution is 0.189. The molecule has 18 heavy (non-hydrogen) atoms. The van der Waals surface area contributed by atoms with Crippen LogP contribution in [0.15, 0.2) is 13.6 Å². The van der Waals surface area contributed by atoms with E-state index in [1.807, 2.05) is 0 Å². The summed E-state index contributed by atoms with van der Waals surface area (Å²) >= 11 is 9.13. The number of nitrogens with one attached hydrogen (secondary N) is 1. The summed E-state index contributed by atoms with van der Waals surface area (Å²) in [6.07, 6.45) is 6.77. The number of hydrogen-bond acceptors (Lipinski definition) is 2. The fraction of sp³-hybridized carbons (Fsp3) is 0.714. The maximum Gasteiger partial charge on any atom is 0.0758 e. The Kier molecular flexibility index (Phi) is 5.32. The zero-order chi connectivity index (χ0) is 13.2. The lowest BCUT2D eigenvalue weighted by Crippen LogP contribution is -2.36. The number of thiophene rings is 1. The monoisotopic (exact) mass is 393 g/mol. The molecule has 0 aliphatic heterocycles. The molecule has 1 heterocycles. The molecule has 1 fully saturated rings. The van der Waals surface area contributed by atoms with E-state index in [0.29, 0.717) is 11.5 Å². The second-order valence-electron chi connectivity index (χ2n) is 5.19. The van der Waals surface area contributed by atoms with Crippen molar-refractivity contribution in [2.45, 2.75) is 52.0 Å². The summed E-state index contributed by atoms with van der Waals surface area (Å²) in [5.41, 5.74) is 1.90. The van der Waals surface area contributed by atoms with Crippen molar-refractivity contribution in [1.82, 2.24) is 5.32 Å². The van der Waals surface area contributed by atoms with E-state index >= 15 is 0 Å². The topological polar surface area (TPSA) is 12.0 Å². The third-order valence-corrected chi connectivity index (χ3v) is 6.70. The van der Waals surface area contributed by atoms with Gasteiger partial charge in [0.05, 0.1) is 7.57 Å². The smallest absolute Gasteiger partial charge is 0.0758 e. The Bertz CT molecular complexity index is 396. The quantitative estimate of drug-likeness (QED) is 0.655. The van der Waals surface area contributed by atoms with Crippen LogP contribution in [-0.4, -0.2) is 6.54 Å². The maximum atomic E-state index is 3.74. The van der Waals surface area contributed by atoms with Crippen molar-refractivity contribution in [3.05, 3.63) is 19.2 Å². The summed E-state index contributed by atoms with van der Waals surface area (Å²) < 4.78 is 2.50. The Morgan fingerprint density at radius 3 is 2.44 bits per heavy atom. The molecular weight excluding hydrogens is 374 g/mol. The summed E-state index contributed by atoms with van der Waals surface area (Å²) in [6.45, 7) is 5.60. The Hall–Kier alpha value is 0.620. The van der Waals surface area contributed by atoms with E-state index in [4.69, 9.17) is 0 Å². The fourth-order valence-corrected chi connectivity index (χ4v) is 6.24. The van der Waals surface area contributed by atoms with Gasteiger partial charge in [-0.2, -0.15) is 0 Å². The van der Waals surface area contributed by atoms with Crippen molar-refractivity contribution >= 4 is 43.2 Å². The minimum Gasteiger partial charge on any atom is -0.310 e. The van der Waals surface area contributed by atoms with Crippen LogP contribution in [0.25, 0.3) is 0 Å². The van der Waals surface area contributed by atoms with Gasteiger partial charge < -0.3 is 5.32 Å². The summed E-state index contributed by atoms with van der Waals surface area (Å²) in [4.78, 5) is 0. The van der Waals surface area contributed by atoms with E-state index in [2.05, 4.69) is 57.1 Å². The zero-order valence-electron chi connectivity index (χ0n) is 11.1. The maximum absolute atomic E-state index is 3.74. The third kappa shape index (κ3) is 2.87. The Balaban J connectivity index is 2.35. The molecule has 1 aromatic heterocycles. The minimum atomic E-state index is 0.457. The normalized spacial score (nSPS) is 20.2. The predicted octanol–water partition coefficient (Wildman–Crippen LogP) is 5.89. The summed E-state index contributed by atoms with van der Waals surface area (Å²) in [6, 6.07) is 2.78. The Morgan fingerprint density at radius 1 is 1.33 bits per heavy atom. The van der Waals surface area contributed by atoms with E-state index in [1.54, 1.807) is 11.3 Å². The standard InChI is InChI=1S/C14H21Br2NS/c1-3-14(7-5-6-8-14)12(17-4-2)10-9-11(15)18-13(10)16/h9,12,17H,3-8H2,1-2H3. The van der Waals surface area contributed by atoms with Gasteiger partial charge in [0.15, 0.2) is 0 Å². The van der Waals surface area contributed by atoms with Gasteiger partial charge in [-0.05, 0) is 74.7 Å². The molecule has 1 unspecified atom stereocenters. The highest BCUT2D eigenvalue weighted by Crippen LogP contribution is 2.52. The fourth-order valence-electron chi connectivity index (χ4n) is 3.34. The lowest BCUT2D eigenvalue weighted by atomic mass is 9.74. The van der Waals surface area contributed by atoms with Gasteiger partial charge in [0.1, 0.15) is 0 Å². The molecule has 0 spiro atoms. The van der Waals surface area contributed by atoms with E-state index in [1.165, 1.54) is 45.2 Å². The van der Waals surface area contributed by atoms with Crippen molar-refractivity contribution in [2.75, 3.05) is 6.54 Å². The number of halogens is 2. The summed E-state index contributed by atoms with van der Waals surface area (Å²) in [5.74, 6) is 0. The second kappa shape index (κ2) is 6.38. The molecule has 0 saturated heterocycles. The van der Waals surface area contributed by atoms with Crippen LogP contribution in [0.3, 0.4) is 0 Å². The van der Waals surface area contributed by atoms with Gasteiger partial charge in [-0.15, -0.1) is 11.3 Å². The molecule has 1 aliphatic carbocycles. The second-order valence-corrected chi connectivity index (χ2v) is 8.94. The average Bonchev–Trinajstić information content (AvgIpc) is 2.94. The molecule has 0 radical (unpaired) electrons. The van der Waals surface area contributed by atoms with Crippen molar-refractivity contribution in [3.8, 4) is 0 Å². The van der Waals surface area contributed by atoms with E-state index < -0.39 is 0 Å². The first-order valence-corrected chi connectivity index (χ1v) is 9.21. The third-order valence-electron chi connectivity index (χ3n) is 4.32. The summed E-state index contributed by atoms with van der Waals surface area (Å²) in [5, 5.41) is 3.74. The van der Waals surface area contributed by atoms with Crippen molar-refractivity contribution in [3.63, 3.8) is 0 Å². The van der Waals surface area contributed by atoms with Crippen molar-refractivity contribution in [2.24, 2.45) is 5.41 Å². The molecule has 1 aromatic rings. The van der Waals surface area contributed by atoms with Crippen LogP contribution in [0, 0.1) is 5.41 Å². The highest BCUT2D eigenvalue weighted by Gasteiger charge is 2.41.